The van der Waals surface area contributed by atoms with Crippen molar-refractivity contribution in [3.8, 4) is 5.75 Å². The summed E-state index contributed by atoms with van der Waals surface area (Å²) in [6.07, 6.45) is 2.12. The monoisotopic (exact) mass is 406 g/mol. The first-order valence-corrected chi connectivity index (χ1v) is 10.2. The fourth-order valence-electron chi connectivity index (χ4n) is 3.64. The highest BCUT2D eigenvalue weighted by Crippen LogP contribution is 2.25. The maximum absolute atomic E-state index is 12.3. The minimum atomic E-state index is -0.352. The molecule has 4 rings (SSSR count). The smallest absolute Gasteiger partial charge is 0.269 e. The standard InChI is InChI=1S/C23H26N4O3/c28-22(10-11-26-12-14-27(15-13-26)20-7-2-1-3-8-20)24-25-23(29)19-16-18-6-4-5-9-21(18)30-17-19/h1-9,16H,10-15,17H2,(H,24,28)(H,25,29). The van der Waals surface area contributed by atoms with Gasteiger partial charge in [-0.15, -0.1) is 0 Å². The Morgan fingerprint density at radius 2 is 1.63 bits per heavy atom. The van der Waals surface area contributed by atoms with Crippen LogP contribution in [0, 0.1) is 0 Å². The van der Waals surface area contributed by atoms with E-state index >= 15 is 0 Å². The molecule has 0 atom stereocenters. The fourth-order valence-corrected chi connectivity index (χ4v) is 3.64. The number of nitrogens with one attached hydrogen (secondary N) is 2. The summed E-state index contributed by atoms with van der Waals surface area (Å²) in [7, 11) is 0. The van der Waals surface area contributed by atoms with E-state index in [1.54, 1.807) is 6.08 Å². The molecule has 0 bridgehead atoms. The molecule has 30 heavy (non-hydrogen) atoms. The predicted molar refractivity (Wildman–Crippen MR) is 116 cm³/mol. The summed E-state index contributed by atoms with van der Waals surface area (Å²) < 4.78 is 5.58. The number of ether oxygens (including phenoxy) is 1. The summed E-state index contributed by atoms with van der Waals surface area (Å²) in [5, 5.41) is 0. The van der Waals surface area contributed by atoms with Crippen LogP contribution >= 0.6 is 0 Å². The second kappa shape index (κ2) is 9.45. The van der Waals surface area contributed by atoms with Crippen molar-refractivity contribution in [2.75, 3.05) is 44.2 Å². The highest BCUT2D eigenvalue weighted by molar-refractivity contribution is 5.99. The number of piperazine rings is 1. The topological polar surface area (TPSA) is 73.9 Å². The Bertz CT molecular complexity index is 921. The third-order valence-corrected chi connectivity index (χ3v) is 5.39. The van der Waals surface area contributed by atoms with E-state index in [9.17, 15) is 9.59 Å². The molecule has 0 aromatic heterocycles. The molecule has 1 saturated heterocycles. The number of anilines is 1. The minimum absolute atomic E-state index is 0.185. The van der Waals surface area contributed by atoms with Gasteiger partial charge in [0.25, 0.3) is 5.91 Å². The highest BCUT2D eigenvalue weighted by Gasteiger charge is 2.19. The summed E-state index contributed by atoms with van der Waals surface area (Å²) in [5.41, 5.74) is 7.56. The molecule has 2 aliphatic heterocycles. The summed E-state index contributed by atoms with van der Waals surface area (Å²) in [5.74, 6) is 0.200. The van der Waals surface area contributed by atoms with Crippen LogP contribution in [0.1, 0.15) is 12.0 Å². The normalized spacial score (nSPS) is 16.1. The third-order valence-electron chi connectivity index (χ3n) is 5.39. The number of para-hydroxylation sites is 2. The molecule has 0 spiro atoms. The zero-order valence-electron chi connectivity index (χ0n) is 16.8. The zero-order chi connectivity index (χ0) is 20.8. The number of hydrogen-bond donors (Lipinski definition) is 2. The lowest BCUT2D eigenvalue weighted by atomic mass is 10.1. The molecule has 2 N–H and O–H groups in total. The van der Waals surface area contributed by atoms with Gasteiger partial charge in [-0.25, -0.2) is 0 Å². The van der Waals surface area contributed by atoms with Crippen molar-refractivity contribution in [3.05, 3.63) is 65.7 Å². The largest absolute Gasteiger partial charge is 0.488 e. The van der Waals surface area contributed by atoms with Gasteiger partial charge in [-0.2, -0.15) is 0 Å². The maximum atomic E-state index is 12.3. The molecule has 1 fully saturated rings. The lowest BCUT2D eigenvalue weighted by Gasteiger charge is -2.36. The molecule has 7 nitrogen and oxygen atoms in total. The first-order chi connectivity index (χ1) is 14.7. The van der Waals surface area contributed by atoms with E-state index < -0.39 is 0 Å². The van der Waals surface area contributed by atoms with Gasteiger partial charge in [0.15, 0.2) is 0 Å². The summed E-state index contributed by atoms with van der Waals surface area (Å²) in [6, 6.07) is 17.9. The van der Waals surface area contributed by atoms with Gasteiger partial charge in [-0.3, -0.25) is 25.3 Å². The number of amides is 2. The number of hydrazine groups is 1. The number of rotatable bonds is 5. The van der Waals surface area contributed by atoms with E-state index in [1.807, 2.05) is 30.3 Å². The minimum Gasteiger partial charge on any atom is -0.488 e. The van der Waals surface area contributed by atoms with Crippen LogP contribution in [0.5, 0.6) is 5.75 Å². The van der Waals surface area contributed by atoms with Crippen LogP contribution in [0.2, 0.25) is 0 Å². The molecule has 2 heterocycles. The SMILES string of the molecule is O=C(CCN1CCN(c2ccccc2)CC1)NNC(=O)C1=Cc2ccccc2OC1. The van der Waals surface area contributed by atoms with Crippen molar-refractivity contribution in [2.45, 2.75) is 6.42 Å². The van der Waals surface area contributed by atoms with Gasteiger partial charge in [-0.1, -0.05) is 36.4 Å². The zero-order valence-corrected chi connectivity index (χ0v) is 16.8. The average molecular weight is 406 g/mol. The van der Waals surface area contributed by atoms with Crippen molar-refractivity contribution < 1.29 is 14.3 Å². The molecule has 0 aliphatic carbocycles. The van der Waals surface area contributed by atoms with E-state index in [0.29, 0.717) is 18.5 Å². The Kier molecular flexibility index (Phi) is 6.29. The Labute approximate surface area is 176 Å². The van der Waals surface area contributed by atoms with Gasteiger partial charge >= 0.3 is 0 Å². The van der Waals surface area contributed by atoms with Crippen molar-refractivity contribution >= 4 is 23.6 Å². The van der Waals surface area contributed by atoms with Crippen LogP contribution < -0.4 is 20.5 Å². The molecule has 2 aromatic rings. The molecule has 156 valence electrons. The first kappa shape index (κ1) is 20.0. The van der Waals surface area contributed by atoms with E-state index in [4.69, 9.17) is 4.74 Å². The van der Waals surface area contributed by atoms with Gasteiger partial charge in [0.2, 0.25) is 5.91 Å². The van der Waals surface area contributed by atoms with Crippen LogP contribution in [0.4, 0.5) is 5.69 Å². The van der Waals surface area contributed by atoms with Crippen molar-refractivity contribution in [2.24, 2.45) is 0 Å². The number of carbonyl (C=O) groups is 2. The van der Waals surface area contributed by atoms with Crippen LogP contribution in [0.25, 0.3) is 6.08 Å². The maximum Gasteiger partial charge on any atom is 0.269 e. The van der Waals surface area contributed by atoms with Crippen LogP contribution in [0.3, 0.4) is 0 Å². The predicted octanol–water partition coefficient (Wildman–Crippen LogP) is 1.82. The molecule has 2 amide bonds. The second-order valence-electron chi connectivity index (χ2n) is 7.41. The highest BCUT2D eigenvalue weighted by atomic mass is 16.5. The van der Waals surface area contributed by atoms with Gasteiger partial charge < -0.3 is 9.64 Å². The van der Waals surface area contributed by atoms with E-state index in [2.05, 4.69) is 44.9 Å². The number of nitrogens with zero attached hydrogens (tertiary/aromatic N) is 2. The second-order valence-corrected chi connectivity index (χ2v) is 7.41. The lowest BCUT2D eigenvalue weighted by molar-refractivity contribution is -0.127. The Hall–Kier alpha value is -3.32. The number of hydrogen-bond acceptors (Lipinski definition) is 5. The van der Waals surface area contributed by atoms with Crippen LogP contribution in [-0.4, -0.2) is 56.0 Å². The molecule has 0 radical (unpaired) electrons. The van der Waals surface area contributed by atoms with Crippen LogP contribution in [0.15, 0.2) is 60.2 Å². The van der Waals surface area contributed by atoms with E-state index in [0.717, 1.165) is 37.5 Å². The molecule has 0 saturated carbocycles. The summed E-state index contributed by atoms with van der Waals surface area (Å²) >= 11 is 0. The van der Waals surface area contributed by atoms with E-state index in [-0.39, 0.29) is 18.4 Å². The molecule has 7 heteroatoms. The van der Waals surface area contributed by atoms with Gasteiger partial charge in [0.1, 0.15) is 12.4 Å². The quantitative estimate of drug-likeness (QED) is 0.741. The van der Waals surface area contributed by atoms with Gasteiger partial charge in [0.05, 0.1) is 5.57 Å². The number of benzene rings is 2. The Balaban J connectivity index is 1.17. The van der Waals surface area contributed by atoms with E-state index in [1.165, 1.54) is 5.69 Å². The molecular formula is C23H26N4O3. The average Bonchev–Trinajstić information content (AvgIpc) is 2.81. The fraction of sp³-hybridized carbons (Fsp3) is 0.304. The van der Waals surface area contributed by atoms with Gasteiger partial charge in [-0.05, 0) is 24.3 Å². The summed E-state index contributed by atoms with van der Waals surface area (Å²) in [6.45, 7) is 4.57. The van der Waals surface area contributed by atoms with Crippen molar-refractivity contribution in [3.63, 3.8) is 0 Å². The first-order valence-electron chi connectivity index (χ1n) is 10.2. The third kappa shape index (κ3) is 4.99. The molecular weight excluding hydrogens is 380 g/mol. The number of fused-ring (bicyclic) bond motifs is 1. The summed E-state index contributed by atoms with van der Waals surface area (Å²) in [4.78, 5) is 29.1. The van der Waals surface area contributed by atoms with Gasteiger partial charge in [0, 0.05) is 50.4 Å². The Morgan fingerprint density at radius 3 is 2.43 bits per heavy atom. The molecule has 2 aliphatic rings. The Morgan fingerprint density at radius 1 is 0.900 bits per heavy atom. The van der Waals surface area contributed by atoms with Crippen molar-refractivity contribution in [1.29, 1.82) is 0 Å². The molecule has 0 unspecified atom stereocenters. The van der Waals surface area contributed by atoms with Crippen LogP contribution in [-0.2, 0) is 9.59 Å². The number of carbonyl (C=O) groups excluding carboxylic acids is 2. The van der Waals surface area contributed by atoms with Crippen molar-refractivity contribution in [1.82, 2.24) is 15.8 Å². The lowest BCUT2D eigenvalue weighted by Crippen LogP contribution is -2.48. The molecule has 2 aromatic carbocycles.